The minimum absolute atomic E-state index is 0.0133. The standard InChI is InChI=1S/C18H21NO3S/c1-22-18(11-16-9-5-6-10-17(16)12-18)14-19-23(20,21)13-15-7-3-2-4-8-15/h2-10,19H,11-14H2,1H3. The molecule has 5 heteroatoms. The number of benzene rings is 2. The molecule has 2 aromatic carbocycles. The number of hydrogen-bond acceptors (Lipinski definition) is 3. The molecule has 0 atom stereocenters. The van der Waals surface area contributed by atoms with Gasteiger partial charge in [0.05, 0.1) is 11.4 Å². The van der Waals surface area contributed by atoms with Gasteiger partial charge in [0.25, 0.3) is 0 Å². The molecule has 1 N–H and O–H groups in total. The summed E-state index contributed by atoms with van der Waals surface area (Å²) in [6.45, 7) is 0.285. The van der Waals surface area contributed by atoms with Gasteiger partial charge >= 0.3 is 0 Å². The van der Waals surface area contributed by atoms with Gasteiger partial charge in [-0.25, -0.2) is 13.1 Å². The normalized spacial score (nSPS) is 16.2. The Labute approximate surface area is 137 Å². The van der Waals surface area contributed by atoms with Gasteiger partial charge in [-0.05, 0) is 16.7 Å². The number of rotatable bonds is 6. The van der Waals surface area contributed by atoms with Crippen molar-refractivity contribution in [2.75, 3.05) is 13.7 Å². The summed E-state index contributed by atoms with van der Waals surface area (Å²) in [6.07, 6.45) is 1.46. The molecule has 0 saturated carbocycles. The fourth-order valence-electron chi connectivity index (χ4n) is 3.09. The minimum Gasteiger partial charge on any atom is -0.376 e. The predicted molar refractivity (Wildman–Crippen MR) is 90.7 cm³/mol. The first-order chi connectivity index (χ1) is 11.0. The summed E-state index contributed by atoms with van der Waals surface area (Å²) < 4.78 is 33.1. The zero-order valence-corrected chi connectivity index (χ0v) is 14.0. The van der Waals surface area contributed by atoms with Crippen LogP contribution in [0.5, 0.6) is 0 Å². The van der Waals surface area contributed by atoms with Crippen LogP contribution in [0.3, 0.4) is 0 Å². The lowest BCUT2D eigenvalue weighted by Crippen LogP contribution is -2.45. The summed E-state index contributed by atoms with van der Waals surface area (Å²) in [4.78, 5) is 0. The summed E-state index contributed by atoms with van der Waals surface area (Å²) in [5.41, 5.74) is 2.75. The topological polar surface area (TPSA) is 55.4 Å². The summed E-state index contributed by atoms with van der Waals surface area (Å²) in [7, 11) is -1.74. The van der Waals surface area contributed by atoms with Gasteiger partial charge in [-0.1, -0.05) is 54.6 Å². The molecule has 4 nitrogen and oxygen atoms in total. The molecule has 0 aromatic heterocycles. The first-order valence-corrected chi connectivity index (χ1v) is 9.30. The quantitative estimate of drug-likeness (QED) is 0.883. The highest BCUT2D eigenvalue weighted by molar-refractivity contribution is 7.88. The Kier molecular flexibility index (Phi) is 4.53. The van der Waals surface area contributed by atoms with Crippen LogP contribution in [0.1, 0.15) is 16.7 Å². The average Bonchev–Trinajstić information content (AvgIpc) is 2.93. The maximum Gasteiger partial charge on any atom is 0.215 e. The maximum absolute atomic E-state index is 12.3. The summed E-state index contributed by atoms with van der Waals surface area (Å²) >= 11 is 0. The molecule has 1 aliphatic carbocycles. The lowest BCUT2D eigenvalue weighted by molar-refractivity contribution is 0.00377. The molecule has 23 heavy (non-hydrogen) atoms. The highest BCUT2D eigenvalue weighted by atomic mass is 32.2. The fraction of sp³-hybridized carbons (Fsp3) is 0.333. The molecular weight excluding hydrogens is 310 g/mol. The van der Waals surface area contributed by atoms with E-state index in [1.807, 2.05) is 42.5 Å². The molecule has 0 aliphatic heterocycles. The highest BCUT2D eigenvalue weighted by Crippen LogP contribution is 2.32. The smallest absolute Gasteiger partial charge is 0.215 e. The first kappa shape index (κ1) is 16.2. The largest absolute Gasteiger partial charge is 0.376 e. The Morgan fingerprint density at radius 3 is 2.13 bits per heavy atom. The summed E-state index contributed by atoms with van der Waals surface area (Å²) in [6, 6.07) is 17.4. The van der Waals surface area contributed by atoms with Crippen LogP contribution in [0.2, 0.25) is 0 Å². The van der Waals surface area contributed by atoms with Gasteiger partial charge in [-0.3, -0.25) is 0 Å². The van der Waals surface area contributed by atoms with Crippen molar-refractivity contribution >= 4 is 10.0 Å². The molecule has 0 heterocycles. The van der Waals surface area contributed by atoms with E-state index in [4.69, 9.17) is 4.74 Å². The van der Waals surface area contributed by atoms with E-state index in [-0.39, 0.29) is 12.3 Å². The number of methoxy groups -OCH3 is 1. The van der Waals surface area contributed by atoms with E-state index in [1.54, 1.807) is 7.11 Å². The van der Waals surface area contributed by atoms with Crippen LogP contribution in [0.4, 0.5) is 0 Å². The Morgan fingerprint density at radius 2 is 1.57 bits per heavy atom. The van der Waals surface area contributed by atoms with E-state index in [9.17, 15) is 8.42 Å². The third-order valence-electron chi connectivity index (χ3n) is 4.39. The van der Waals surface area contributed by atoms with E-state index in [2.05, 4.69) is 16.9 Å². The molecule has 0 bridgehead atoms. The van der Waals surface area contributed by atoms with Crippen LogP contribution < -0.4 is 4.72 Å². The van der Waals surface area contributed by atoms with Gasteiger partial charge in [-0.15, -0.1) is 0 Å². The number of ether oxygens (including phenoxy) is 1. The van der Waals surface area contributed by atoms with Crippen molar-refractivity contribution < 1.29 is 13.2 Å². The van der Waals surface area contributed by atoms with Gasteiger partial charge in [0.2, 0.25) is 10.0 Å². The maximum atomic E-state index is 12.3. The number of fused-ring (bicyclic) bond motifs is 1. The monoisotopic (exact) mass is 331 g/mol. The molecule has 0 radical (unpaired) electrons. The van der Waals surface area contributed by atoms with Crippen LogP contribution in [-0.2, 0) is 33.4 Å². The highest BCUT2D eigenvalue weighted by Gasteiger charge is 2.38. The number of nitrogens with one attached hydrogen (secondary N) is 1. The average molecular weight is 331 g/mol. The van der Waals surface area contributed by atoms with E-state index in [0.717, 1.165) is 18.4 Å². The van der Waals surface area contributed by atoms with Crippen molar-refractivity contribution in [3.05, 3.63) is 71.3 Å². The van der Waals surface area contributed by atoms with Crippen molar-refractivity contribution in [3.63, 3.8) is 0 Å². The molecule has 0 saturated heterocycles. The second-order valence-electron chi connectivity index (χ2n) is 6.08. The second-order valence-corrected chi connectivity index (χ2v) is 7.88. The zero-order valence-electron chi connectivity index (χ0n) is 13.2. The third kappa shape index (κ3) is 3.80. The van der Waals surface area contributed by atoms with Crippen LogP contribution in [0.15, 0.2) is 54.6 Å². The predicted octanol–water partition coefficient (Wildman–Crippen LogP) is 2.29. The van der Waals surface area contributed by atoms with Crippen LogP contribution in [-0.4, -0.2) is 27.7 Å². The van der Waals surface area contributed by atoms with Crippen molar-refractivity contribution in [1.29, 1.82) is 0 Å². The second kappa shape index (κ2) is 6.43. The molecule has 3 rings (SSSR count). The lowest BCUT2D eigenvalue weighted by atomic mass is 10.0. The van der Waals surface area contributed by atoms with Gasteiger partial charge in [0.1, 0.15) is 0 Å². The number of sulfonamides is 1. The molecule has 0 fully saturated rings. The molecule has 0 unspecified atom stereocenters. The van der Waals surface area contributed by atoms with Gasteiger partial charge in [0, 0.05) is 26.5 Å². The molecule has 2 aromatic rings. The minimum atomic E-state index is -3.39. The fourth-order valence-corrected chi connectivity index (χ4v) is 4.30. The van der Waals surface area contributed by atoms with E-state index < -0.39 is 15.6 Å². The van der Waals surface area contributed by atoms with Gasteiger partial charge < -0.3 is 4.74 Å². The molecular formula is C18H21NO3S. The van der Waals surface area contributed by atoms with Gasteiger partial charge in [-0.2, -0.15) is 0 Å². The van der Waals surface area contributed by atoms with Crippen LogP contribution in [0.25, 0.3) is 0 Å². The third-order valence-corrected chi connectivity index (χ3v) is 5.69. The van der Waals surface area contributed by atoms with E-state index >= 15 is 0 Å². The number of hydrogen-bond donors (Lipinski definition) is 1. The van der Waals surface area contributed by atoms with Crippen molar-refractivity contribution in [1.82, 2.24) is 4.72 Å². The molecule has 0 amide bonds. The van der Waals surface area contributed by atoms with Crippen LogP contribution >= 0.6 is 0 Å². The lowest BCUT2D eigenvalue weighted by Gasteiger charge is -2.27. The zero-order chi connectivity index (χ0) is 16.3. The van der Waals surface area contributed by atoms with E-state index in [1.165, 1.54) is 11.1 Å². The summed E-state index contributed by atoms with van der Waals surface area (Å²) in [5, 5.41) is 0. The Morgan fingerprint density at radius 1 is 1.00 bits per heavy atom. The van der Waals surface area contributed by atoms with E-state index in [0.29, 0.717) is 0 Å². The Bertz CT molecular complexity index is 747. The van der Waals surface area contributed by atoms with Gasteiger partial charge in [0.15, 0.2) is 0 Å². The van der Waals surface area contributed by atoms with Crippen molar-refractivity contribution in [2.24, 2.45) is 0 Å². The Hall–Kier alpha value is -1.69. The summed E-state index contributed by atoms with van der Waals surface area (Å²) in [5.74, 6) is -0.0133. The molecule has 0 spiro atoms. The first-order valence-electron chi connectivity index (χ1n) is 7.65. The SMILES string of the molecule is COC1(CNS(=O)(=O)Cc2ccccc2)Cc2ccccc2C1. The molecule has 122 valence electrons. The van der Waals surface area contributed by atoms with Crippen molar-refractivity contribution in [3.8, 4) is 0 Å². The van der Waals surface area contributed by atoms with Crippen LogP contribution in [0, 0.1) is 0 Å². The van der Waals surface area contributed by atoms with Crippen molar-refractivity contribution in [2.45, 2.75) is 24.2 Å². The Balaban J connectivity index is 1.67. The molecule has 1 aliphatic rings.